The fraction of sp³-hybridized carbons (Fsp3) is 0.381. The normalized spacial score (nSPS) is 17.0. The zero-order valence-electron chi connectivity index (χ0n) is 16.2. The molecule has 3 aromatic rings. The van der Waals surface area contributed by atoms with Crippen molar-refractivity contribution in [1.82, 2.24) is 4.98 Å². The third-order valence-corrected chi connectivity index (χ3v) is 8.09. The van der Waals surface area contributed by atoms with Gasteiger partial charge in [0.15, 0.2) is 0 Å². The Labute approximate surface area is 174 Å². The highest BCUT2D eigenvalue weighted by Gasteiger charge is 2.27. The van der Waals surface area contributed by atoms with Gasteiger partial charge in [-0.3, -0.25) is 4.79 Å². The number of thioether (sulfide) groups is 1. The Morgan fingerprint density at radius 1 is 1.28 bits per heavy atom. The van der Waals surface area contributed by atoms with Gasteiger partial charge in [0.25, 0.3) is 5.91 Å². The predicted octanol–water partition coefficient (Wildman–Crippen LogP) is 4.07. The van der Waals surface area contributed by atoms with Gasteiger partial charge in [-0.05, 0) is 54.3 Å². The van der Waals surface area contributed by atoms with Crippen molar-refractivity contribution in [3.8, 4) is 11.3 Å². The van der Waals surface area contributed by atoms with Crippen LogP contribution >= 0.6 is 11.8 Å². The minimum absolute atomic E-state index is 0.136. The molecule has 0 saturated carbocycles. The van der Waals surface area contributed by atoms with Crippen LogP contribution in [-0.4, -0.2) is 36.6 Å². The molecule has 29 heavy (non-hydrogen) atoms. The van der Waals surface area contributed by atoms with Crippen LogP contribution in [0, 0.1) is 0 Å². The van der Waals surface area contributed by atoms with Crippen molar-refractivity contribution in [3.63, 3.8) is 0 Å². The van der Waals surface area contributed by atoms with E-state index in [4.69, 9.17) is 10.2 Å². The molecule has 0 radical (unpaired) electrons. The molecule has 1 saturated heterocycles. The molecule has 4 rings (SSSR count). The lowest BCUT2D eigenvalue weighted by Gasteiger charge is -2.21. The Hall–Kier alpha value is -2.19. The van der Waals surface area contributed by atoms with Gasteiger partial charge in [-0.2, -0.15) is 11.8 Å². The molecular weight excluding hydrogens is 408 g/mol. The van der Waals surface area contributed by atoms with Crippen molar-refractivity contribution in [2.24, 2.45) is 5.73 Å². The Bertz CT molecular complexity index is 1150. The highest BCUT2D eigenvalue weighted by Crippen LogP contribution is 2.37. The summed E-state index contributed by atoms with van der Waals surface area (Å²) in [5.41, 5.74) is 8.58. The quantitative estimate of drug-likeness (QED) is 0.611. The summed E-state index contributed by atoms with van der Waals surface area (Å²) in [6.07, 6.45) is 3.06. The standard InChI is InChI=1S/C21H24N2O4S2/c1-2-28-12-15-3-4-19(27-15)14-9-16-18(13-5-7-29(25,26)8-6-13)11-23-20(16)17(10-14)21(22)24/h3-4,9-11,13,23H,2,5-8,12H2,1H3,(H2,22,24). The summed E-state index contributed by atoms with van der Waals surface area (Å²) in [5.74, 6) is 3.41. The fourth-order valence-corrected chi connectivity index (χ4v) is 5.99. The van der Waals surface area contributed by atoms with Crippen LogP contribution < -0.4 is 5.73 Å². The fourth-order valence-electron chi connectivity index (χ4n) is 3.94. The molecule has 1 amide bonds. The van der Waals surface area contributed by atoms with Crippen molar-refractivity contribution in [1.29, 1.82) is 0 Å². The number of carbonyl (C=O) groups is 1. The molecule has 0 atom stereocenters. The first kappa shape index (κ1) is 20.1. The Morgan fingerprint density at radius 2 is 2.03 bits per heavy atom. The van der Waals surface area contributed by atoms with Crippen LogP contribution in [0.4, 0.5) is 0 Å². The SMILES string of the molecule is CCSCc1ccc(-c2cc(C(N)=O)c3[nH]cc(C4CCS(=O)(=O)CC4)c3c2)o1. The van der Waals surface area contributed by atoms with Gasteiger partial charge in [0.05, 0.1) is 28.3 Å². The highest BCUT2D eigenvalue weighted by molar-refractivity contribution is 7.98. The molecule has 1 aliphatic rings. The number of carbonyl (C=O) groups excluding carboxylic acids is 1. The Balaban J connectivity index is 1.76. The second kappa shape index (κ2) is 7.91. The average molecular weight is 433 g/mol. The van der Waals surface area contributed by atoms with E-state index in [1.807, 2.05) is 24.4 Å². The van der Waals surface area contributed by atoms with Crippen molar-refractivity contribution in [3.05, 3.63) is 47.3 Å². The molecule has 0 bridgehead atoms. The summed E-state index contributed by atoms with van der Waals surface area (Å²) in [6, 6.07) is 7.63. The minimum Gasteiger partial charge on any atom is -0.460 e. The van der Waals surface area contributed by atoms with E-state index in [1.54, 1.807) is 17.8 Å². The van der Waals surface area contributed by atoms with Gasteiger partial charge < -0.3 is 15.1 Å². The third kappa shape index (κ3) is 4.09. The first-order valence-electron chi connectivity index (χ1n) is 9.70. The van der Waals surface area contributed by atoms with Crippen LogP contribution in [0.5, 0.6) is 0 Å². The largest absolute Gasteiger partial charge is 0.460 e. The van der Waals surface area contributed by atoms with E-state index in [0.717, 1.165) is 33.8 Å². The number of furan rings is 1. The highest BCUT2D eigenvalue weighted by atomic mass is 32.2. The van der Waals surface area contributed by atoms with Crippen LogP contribution in [0.3, 0.4) is 0 Å². The van der Waals surface area contributed by atoms with Crippen LogP contribution in [0.15, 0.2) is 34.9 Å². The summed E-state index contributed by atoms with van der Waals surface area (Å²) in [6.45, 7) is 2.10. The van der Waals surface area contributed by atoms with Gasteiger partial charge in [0, 0.05) is 17.1 Å². The number of sulfone groups is 1. The van der Waals surface area contributed by atoms with Crippen LogP contribution in [0.1, 0.15) is 47.4 Å². The first-order chi connectivity index (χ1) is 13.9. The third-order valence-electron chi connectivity index (χ3n) is 5.48. The number of amides is 1. The second-order valence-electron chi connectivity index (χ2n) is 7.38. The number of primary amides is 1. The molecule has 0 unspecified atom stereocenters. The number of hydrogen-bond donors (Lipinski definition) is 2. The number of aromatic amines is 1. The van der Waals surface area contributed by atoms with Crippen molar-refractivity contribution >= 4 is 38.4 Å². The van der Waals surface area contributed by atoms with Crippen LogP contribution in [0.25, 0.3) is 22.2 Å². The van der Waals surface area contributed by atoms with Gasteiger partial charge in [0.1, 0.15) is 21.4 Å². The second-order valence-corrected chi connectivity index (χ2v) is 11.0. The lowest BCUT2D eigenvalue weighted by atomic mass is 9.91. The summed E-state index contributed by atoms with van der Waals surface area (Å²) in [7, 11) is -2.94. The van der Waals surface area contributed by atoms with Crippen molar-refractivity contribution in [2.45, 2.75) is 31.4 Å². The van der Waals surface area contributed by atoms with Crippen LogP contribution in [0.2, 0.25) is 0 Å². The van der Waals surface area contributed by atoms with E-state index in [9.17, 15) is 13.2 Å². The van der Waals surface area contributed by atoms with Crippen molar-refractivity contribution < 1.29 is 17.6 Å². The predicted molar refractivity (Wildman–Crippen MR) is 117 cm³/mol. The monoisotopic (exact) mass is 432 g/mol. The number of H-pyrrole nitrogens is 1. The van der Waals surface area contributed by atoms with Gasteiger partial charge in [0.2, 0.25) is 0 Å². The van der Waals surface area contributed by atoms with E-state index in [2.05, 4.69) is 11.9 Å². The molecule has 2 aromatic heterocycles. The van der Waals surface area contributed by atoms with Crippen LogP contribution in [-0.2, 0) is 15.6 Å². The summed E-state index contributed by atoms with van der Waals surface area (Å²) in [4.78, 5) is 15.3. The zero-order valence-corrected chi connectivity index (χ0v) is 17.9. The molecule has 8 heteroatoms. The molecular formula is C21H24N2O4S2. The van der Waals surface area contributed by atoms with Gasteiger partial charge in [-0.1, -0.05) is 6.92 Å². The number of nitrogens with one attached hydrogen (secondary N) is 1. The number of fused-ring (bicyclic) bond motifs is 1. The van der Waals surface area contributed by atoms with Crippen molar-refractivity contribution in [2.75, 3.05) is 17.3 Å². The maximum atomic E-state index is 12.1. The smallest absolute Gasteiger partial charge is 0.250 e. The molecule has 0 aliphatic carbocycles. The van der Waals surface area contributed by atoms with E-state index >= 15 is 0 Å². The maximum Gasteiger partial charge on any atom is 0.250 e. The van der Waals surface area contributed by atoms with Gasteiger partial charge >= 0.3 is 0 Å². The van der Waals surface area contributed by atoms with E-state index in [0.29, 0.717) is 29.7 Å². The topological polar surface area (TPSA) is 106 Å². The lowest BCUT2D eigenvalue weighted by Crippen LogP contribution is -2.22. The molecule has 0 spiro atoms. The number of rotatable bonds is 6. The minimum atomic E-state index is -2.94. The maximum absolute atomic E-state index is 12.1. The first-order valence-corrected chi connectivity index (χ1v) is 12.7. The molecule has 3 heterocycles. The number of nitrogens with two attached hydrogens (primary N) is 1. The van der Waals surface area contributed by atoms with E-state index in [-0.39, 0.29) is 17.4 Å². The van der Waals surface area contributed by atoms with Gasteiger partial charge in [-0.25, -0.2) is 8.42 Å². The lowest BCUT2D eigenvalue weighted by molar-refractivity contribution is 0.100. The summed E-state index contributed by atoms with van der Waals surface area (Å²) < 4.78 is 29.6. The molecule has 1 aliphatic heterocycles. The van der Waals surface area contributed by atoms with Gasteiger partial charge in [-0.15, -0.1) is 0 Å². The summed E-state index contributed by atoms with van der Waals surface area (Å²) in [5, 5.41) is 0.904. The number of benzene rings is 1. The Morgan fingerprint density at radius 3 is 2.72 bits per heavy atom. The molecule has 1 aromatic carbocycles. The molecule has 3 N–H and O–H groups in total. The van der Waals surface area contributed by atoms with E-state index in [1.165, 1.54) is 0 Å². The Kier molecular flexibility index (Phi) is 5.48. The number of hydrogen-bond acceptors (Lipinski definition) is 5. The molecule has 154 valence electrons. The summed E-state index contributed by atoms with van der Waals surface area (Å²) >= 11 is 1.78. The number of aromatic nitrogens is 1. The average Bonchev–Trinajstić information content (AvgIpc) is 3.32. The van der Waals surface area contributed by atoms with E-state index < -0.39 is 15.7 Å². The molecule has 1 fully saturated rings. The molecule has 6 nitrogen and oxygen atoms in total. The zero-order chi connectivity index (χ0) is 20.6.